The monoisotopic (exact) mass is 291 g/mol. The summed E-state index contributed by atoms with van der Waals surface area (Å²) in [5.41, 5.74) is 0. The molecular formula is C12H25NO5Si. The molecule has 2 fully saturated rings. The van der Waals surface area contributed by atoms with Gasteiger partial charge >= 0.3 is 8.80 Å². The lowest BCUT2D eigenvalue weighted by atomic mass is 10.4. The molecule has 2 atom stereocenters. The lowest BCUT2D eigenvalue weighted by Crippen LogP contribution is -2.60. The summed E-state index contributed by atoms with van der Waals surface area (Å²) in [6.07, 6.45) is 0.724. The van der Waals surface area contributed by atoms with Crippen LogP contribution in [0.4, 0.5) is 0 Å². The second-order valence-corrected chi connectivity index (χ2v) is 7.73. The van der Waals surface area contributed by atoms with Gasteiger partial charge in [-0.15, -0.1) is 0 Å². The van der Waals surface area contributed by atoms with Gasteiger partial charge in [-0.2, -0.15) is 0 Å². The third-order valence-electron chi connectivity index (χ3n) is 3.30. The van der Waals surface area contributed by atoms with E-state index in [0.717, 1.165) is 32.5 Å². The van der Waals surface area contributed by atoms with E-state index in [0.29, 0.717) is 13.2 Å². The molecule has 7 heteroatoms. The van der Waals surface area contributed by atoms with Crippen molar-refractivity contribution in [2.45, 2.75) is 26.1 Å². The van der Waals surface area contributed by atoms with Crippen LogP contribution in [0.15, 0.2) is 0 Å². The highest BCUT2D eigenvalue weighted by atomic mass is 28.4. The summed E-state index contributed by atoms with van der Waals surface area (Å²) in [5.74, 6) is 0. The normalized spacial score (nSPS) is 38.7. The molecule has 0 aromatic rings. The third-order valence-corrected chi connectivity index (χ3v) is 6.28. The lowest BCUT2D eigenvalue weighted by molar-refractivity contribution is -0.0743. The van der Waals surface area contributed by atoms with Crippen molar-refractivity contribution in [1.29, 1.82) is 0 Å². The van der Waals surface area contributed by atoms with Crippen LogP contribution in [0.2, 0.25) is 0 Å². The first-order valence-electron chi connectivity index (χ1n) is 6.92. The van der Waals surface area contributed by atoms with Gasteiger partial charge in [-0.25, -0.2) is 0 Å². The summed E-state index contributed by atoms with van der Waals surface area (Å²) in [4.78, 5) is 2.31. The highest BCUT2D eigenvalue weighted by molar-refractivity contribution is 6.61. The lowest BCUT2D eigenvalue weighted by Gasteiger charge is -2.39. The molecule has 2 aliphatic rings. The molecule has 2 rings (SSSR count). The molecule has 2 saturated heterocycles. The molecule has 0 bridgehead atoms. The van der Waals surface area contributed by atoms with Crippen molar-refractivity contribution in [3.8, 4) is 0 Å². The van der Waals surface area contributed by atoms with E-state index >= 15 is 0 Å². The van der Waals surface area contributed by atoms with Crippen molar-refractivity contribution < 1.29 is 22.8 Å². The van der Waals surface area contributed by atoms with Crippen LogP contribution in [0.5, 0.6) is 0 Å². The Morgan fingerprint density at radius 3 is 2.16 bits per heavy atom. The fourth-order valence-corrected chi connectivity index (χ4v) is 5.13. The Labute approximate surface area is 116 Å². The molecule has 2 unspecified atom stereocenters. The molecule has 112 valence electrons. The maximum absolute atomic E-state index is 6.09. The SMILES string of the molecule is CO[Si]1(CN2CCOCC2)OC(C)COCC(C)O1. The van der Waals surface area contributed by atoms with Crippen LogP contribution in [0.1, 0.15) is 13.8 Å². The minimum absolute atomic E-state index is 0.000146. The topological polar surface area (TPSA) is 49.4 Å². The molecule has 0 aliphatic carbocycles. The quantitative estimate of drug-likeness (QED) is 0.696. The summed E-state index contributed by atoms with van der Waals surface area (Å²) >= 11 is 0. The summed E-state index contributed by atoms with van der Waals surface area (Å²) in [5, 5.41) is 0. The number of hydrogen-bond acceptors (Lipinski definition) is 6. The van der Waals surface area contributed by atoms with Crippen LogP contribution in [-0.4, -0.2) is 78.7 Å². The first-order chi connectivity index (χ1) is 9.13. The van der Waals surface area contributed by atoms with E-state index in [1.807, 2.05) is 13.8 Å². The molecule has 0 spiro atoms. The summed E-state index contributed by atoms with van der Waals surface area (Å²) in [7, 11) is -0.973. The van der Waals surface area contributed by atoms with Gasteiger partial charge in [0.25, 0.3) is 0 Å². The smallest absolute Gasteiger partial charge is 0.379 e. The predicted molar refractivity (Wildman–Crippen MR) is 71.9 cm³/mol. The van der Waals surface area contributed by atoms with Crippen molar-refractivity contribution in [2.24, 2.45) is 0 Å². The molecule has 19 heavy (non-hydrogen) atoms. The molecule has 0 aromatic heterocycles. The van der Waals surface area contributed by atoms with E-state index in [1.54, 1.807) is 7.11 Å². The van der Waals surface area contributed by atoms with Crippen LogP contribution >= 0.6 is 0 Å². The average molecular weight is 291 g/mol. The Kier molecular flexibility index (Phi) is 5.76. The average Bonchev–Trinajstić information content (AvgIpc) is 2.38. The molecule has 2 heterocycles. The van der Waals surface area contributed by atoms with E-state index in [2.05, 4.69) is 4.90 Å². The predicted octanol–water partition coefficient (Wildman–Crippen LogP) is 0.284. The van der Waals surface area contributed by atoms with Crippen LogP contribution in [0.3, 0.4) is 0 Å². The maximum Gasteiger partial charge on any atom is 0.516 e. The highest BCUT2D eigenvalue weighted by Crippen LogP contribution is 2.19. The van der Waals surface area contributed by atoms with Gasteiger partial charge in [0.2, 0.25) is 0 Å². The van der Waals surface area contributed by atoms with Crippen molar-refractivity contribution in [2.75, 3.05) is 52.8 Å². The Balaban J connectivity index is 2.02. The van der Waals surface area contributed by atoms with Gasteiger partial charge in [0.05, 0.1) is 44.8 Å². The van der Waals surface area contributed by atoms with Gasteiger partial charge < -0.3 is 22.8 Å². The number of rotatable bonds is 3. The minimum atomic E-state index is -2.66. The van der Waals surface area contributed by atoms with E-state index in [-0.39, 0.29) is 12.2 Å². The van der Waals surface area contributed by atoms with Crippen LogP contribution in [0.25, 0.3) is 0 Å². The second-order valence-electron chi connectivity index (χ2n) is 5.17. The van der Waals surface area contributed by atoms with Crippen molar-refractivity contribution >= 4 is 8.80 Å². The standard InChI is InChI=1S/C12H25NO5Si/c1-11-8-16-9-12(2)18-19(14-3,17-11)10-13-4-6-15-7-5-13/h11-12H,4-10H2,1-3H3. The Bertz CT molecular complexity index is 263. The zero-order valence-electron chi connectivity index (χ0n) is 12.1. The summed E-state index contributed by atoms with van der Waals surface area (Å²) < 4.78 is 28.8. The van der Waals surface area contributed by atoms with Crippen molar-refractivity contribution in [1.82, 2.24) is 4.90 Å². The van der Waals surface area contributed by atoms with E-state index in [1.165, 1.54) is 0 Å². The van der Waals surface area contributed by atoms with E-state index < -0.39 is 8.80 Å². The molecule has 2 aliphatic heterocycles. The number of hydrogen-bond donors (Lipinski definition) is 0. The third kappa shape index (κ3) is 4.49. The zero-order chi connectivity index (χ0) is 13.7. The second kappa shape index (κ2) is 7.12. The number of nitrogens with zero attached hydrogens (tertiary/aromatic N) is 1. The van der Waals surface area contributed by atoms with E-state index in [4.69, 9.17) is 22.8 Å². The first-order valence-corrected chi connectivity index (χ1v) is 8.85. The Morgan fingerprint density at radius 1 is 1.05 bits per heavy atom. The van der Waals surface area contributed by atoms with Crippen molar-refractivity contribution in [3.63, 3.8) is 0 Å². The molecule has 0 aromatic carbocycles. The number of morpholine rings is 1. The van der Waals surface area contributed by atoms with Gasteiger partial charge in [-0.05, 0) is 13.8 Å². The summed E-state index contributed by atoms with van der Waals surface area (Å²) in [6, 6.07) is 0. The van der Waals surface area contributed by atoms with E-state index in [9.17, 15) is 0 Å². The van der Waals surface area contributed by atoms with Gasteiger partial charge in [0.15, 0.2) is 0 Å². The van der Waals surface area contributed by atoms with Gasteiger partial charge in [-0.3, -0.25) is 4.90 Å². The maximum atomic E-state index is 6.09. The van der Waals surface area contributed by atoms with Crippen LogP contribution in [0, 0.1) is 0 Å². The number of ether oxygens (including phenoxy) is 2. The van der Waals surface area contributed by atoms with Crippen LogP contribution in [-0.2, 0) is 22.8 Å². The van der Waals surface area contributed by atoms with Gasteiger partial charge in [-0.1, -0.05) is 0 Å². The highest BCUT2D eigenvalue weighted by Gasteiger charge is 2.46. The van der Waals surface area contributed by atoms with Gasteiger partial charge in [0, 0.05) is 20.2 Å². The van der Waals surface area contributed by atoms with Gasteiger partial charge in [0.1, 0.15) is 0 Å². The Morgan fingerprint density at radius 2 is 1.63 bits per heavy atom. The first kappa shape index (κ1) is 15.4. The molecule has 0 saturated carbocycles. The fourth-order valence-electron chi connectivity index (χ4n) is 2.38. The molecule has 0 N–H and O–H groups in total. The molecule has 0 amide bonds. The Hall–Kier alpha value is -0.0231. The largest absolute Gasteiger partial charge is 0.516 e. The summed E-state index contributed by atoms with van der Waals surface area (Å²) in [6.45, 7) is 8.53. The molecule has 6 nitrogen and oxygen atoms in total. The van der Waals surface area contributed by atoms with Crippen molar-refractivity contribution in [3.05, 3.63) is 0 Å². The zero-order valence-corrected chi connectivity index (χ0v) is 13.1. The molecular weight excluding hydrogens is 266 g/mol. The fraction of sp³-hybridized carbons (Fsp3) is 1.00. The molecule has 0 radical (unpaired) electrons. The van der Waals surface area contributed by atoms with Crippen LogP contribution < -0.4 is 0 Å². The minimum Gasteiger partial charge on any atom is -0.379 e.